The highest BCUT2D eigenvalue weighted by molar-refractivity contribution is 7.16. The molecular weight excluding hydrogens is 280 g/mol. The molecule has 1 aromatic rings. The summed E-state index contributed by atoms with van der Waals surface area (Å²) in [6.45, 7) is 10.6. The molecule has 0 saturated heterocycles. The Labute approximate surface area is 131 Å². The van der Waals surface area contributed by atoms with Crippen molar-refractivity contribution in [1.29, 1.82) is 5.26 Å². The first-order valence-corrected chi connectivity index (χ1v) is 8.41. The second kappa shape index (κ2) is 5.81. The van der Waals surface area contributed by atoms with Crippen molar-refractivity contribution in [3.05, 3.63) is 16.0 Å². The molecule has 0 bridgehead atoms. The molecule has 0 fully saturated rings. The zero-order valence-electron chi connectivity index (χ0n) is 13.5. The number of thiophene rings is 1. The van der Waals surface area contributed by atoms with E-state index in [1.54, 1.807) is 11.3 Å². The molecule has 1 aliphatic carbocycles. The molecule has 0 spiro atoms. The van der Waals surface area contributed by atoms with Crippen LogP contribution >= 0.6 is 11.3 Å². The van der Waals surface area contributed by atoms with Gasteiger partial charge >= 0.3 is 0 Å². The summed E-state index contributed by atoms with van der Waals surface area (Å²) < 4.78 is 0. The van der Waals surface area contributed by atoms with Gasteiger partial charge in [0.2, 0.25) is 5.91 Å². The minimum absolute atomic E-state index is 0.0162. The quantitative estimate of drug-likeness (QED) is 0.882. The number of carbonyl (C=O) groups is 1. The van der Waals surface area contributed by atoms with Crippen molar-refractivity contribution < 1.29 is 4.79 Å². The fraction of sp³-hybridized carbons (Fsp3) is 0.647. The van der Waals surface area contributed by atoms with E-state index in [4.69, 9.17) is 0 Å². The van der Waals surface area contributed by atoms with Crippen molar-refractivity contribution in [2.75, 3.05) is 5.32 Å². The highest BCUT2D eigenvalue weighted by atomic mass is 32.1. The maximum Gasteiger partial charge on any atom is 0.227 e. The van der Waals surface area contributed by atoms with E-state index in [0.717, 1.165) is 24.3 Å². The molecule has 1 aromatic heterocycles. The van der Waals surface area contributed by atoms with Gasteiger partial charge in [0.05, 0.1) is 5.56 Å². The number of fused-ring (bicyclic) bond motifs is 1. The van der Waals surface area contributed by atoms with Crippen LogP contribution in [0.1, 0.15) is 57.0 Å². The molecule has 114 valence electrons. The van der Waals surface area contributed by atoms with Crippen LogP contribution in [0.4, 0.5) is 5.00 Å². The molecule has 2 rings (SSSR count). The van der Waals surface area contributed by atoms with Gasteiger partial charge in [-0.2, -0.15) is 5.26 Å². The first-order chi connectivity index (χ1) is 9.74. The molecule has 0 saturated carbocycles. The topological polar surface area (TPSA) is 52.9 Å². The van der Waals surface area contributed by atoms with Crippen LogP contribution in [0.5, 0.6) is 0 Å². The lowest BCUT2D eigenvalue weighted by atomic mass is 9.72. The van der Waals surface area contributed by atoms with Crippen molar-refractivity contribution in [3.8, 4) is 6.07 Å². The van der Waals surface area contributed by atoms with Gasteiger partial charge in [0.25, 0.3) is 0 Å². The van der Waals surface area contributed by atoms with E-state index in [1.165, 1.54) is 10.4 Å². The Morgan fingerprint density at radius 2 is 2.10 bits per heavy atom. The summed E-state index contributed by atoms with van der Waals surface area (Å²) in [4.78, 5) is 13.2. The third-order valence-corrected chi connectivity index (χ3v) is 5.53. The van der Waals surface area contributed by atoms with Crippen molar-refractivity contribution in [2.45, 2.75) is 53.9 Å². The third-order valence-electron chi connectivity index (χ3n) is 4.36. The Morgan fingerprint density at radius 3 is 2.62 bits per heavy atom. The zero-order chi connectivity index (χ0) is 15.8. The Bertz CT molecular complexity index is 587. The van der Waals surface area contributed by atoms with E-state index < -0.39 is 0 Å². The molecule has 1 amide bonds. The molecule has 1 atom stereocenters. The fourth-order valence-electron chi connectivity index (χ4n) is 2.79. The summed E-state index contributed by atoms with van der Waals surface area (Å²) in [6, 6.07) is 2.30. The smallest absolute Gasteiger partial charge is 0.227 e. The molecule has 4 heteroatoms. The van der Waals surface area contributed by atoms with E-state index >= 15 is 0 Å². The van der Waals surface area contributed by atoms with E-state index in [-0.39, 0.29) is 17.2 Å². The van der Waals surface area contributed by atoms with Gasteiger partial charge in [-0.15, -0.1) is 11.3 Å². The van der Waals surface area contributed by atoms with Crippen LogP contribution < -0.4 is 5.32 Å². The second-order valence-electron chi connectivity index (χ2n) is 7.27. The highest BCUT2D eigenvalue weighted by Crippen LogP contribution is 2.44. The minimum atomic E-state index is -0.0713. The summed E-state index contributed by atoms with van der Waals surface area (Å²) in [5.41, 5.74) is 2.15. The Kier molecular flexibility index (Phi) is 4.43. The fourth-order valence-corrected chi connectivity index (χ4v) is 4.07. The van der Waals surface area contributed by atoms with Crippen LogP contribution in [0.15, 0.2) is 0 Å². The van der Waals surface area contributed by atoms with E-state index in [0.29, 0.717) is 11.5 Å². The number of hydrogen-bond acceptors (Lipinski definition) is 3. The standard InChI is InChI=1S/C17H24N2OS/c1-10(2)15(20)19-16-13(9-18)12-7-6-11(17(3,4)5)8-14(12)21-16/h10-11H,6-8H2,1-5H3,(H,19,20). The number of amides is 1. The number of anilines is 1. The number of carbonyl (C=O) groups excluding carboxylic acids is 1. The SMILES string of the molecule is CC(C)C(=O)Nc1sc2c(c1C#N)CCC(C(C)(C)C)C2. The van der Waals surface area contributed by atoms with Gasteiger partial charge in [-0.25, -0.2) is 0 Å². The van der Waals surface area contributed by atoms with E-state index in [1.807, 2.05) is 13.8 Å². The lowest BCUT2D eigenvalue weighted by Gasteiger charge is -2.33. The number of rotatable bonds is 2. The second-order valence-corrected chi connectivity index (χ2v) is 8.37. The minimum Gasteiger partial charge on any atom is -0.316 e. The summed E-state index contributed by atoms with van der Waals surface area (Å²) >= 11 is 1.60. The number of hydrogen-bond donors (Lipinski definition) is 1. The average molecular weight is 304 g/mol. The summed E-state index contributed by atoms with van der Waals surface area (Å²) in [5, 5.41) is 13.1. The van der Waals surface area contributed by atoms with Crippen molar-refractivity contribution in [3.63, 3.8) is 0 Å². The Morgan fingerprint density at radius 1 is 1.43 bits per heavy atom. The predicted molar refractivity (Wildman–Crippen MR) is 87.5 cm³/mol. The molecule has 1 N–H and O–H groups in total. The highest BCUT2D eigenvalue weighted by Gasteiger charge is 2.32. The van der Waals surface area contributed by atoms with Crippen molar-refractivity contribution >= 4 is 22.2 Å². The first-order valence-electron chi connectivity index (χ1n) is 7.59. The molecule has 1 aliphatic rings. The van der Waals surface area contributed by atoms with E-state index in [9.17, 15) is 10.1 Å². The summed E-state index contributed by atoms with van der Waals surface area (Å²) in [7, 11) is 0. The molecule has 0 aromatic carbocycles. The molecule has 21 heavy (non-hydrogen) atoms. The molecular formula is C17H24N2OS. The molecule has 0 aliphatic heterocycles. The lowest BCUT2D eigenvalue weighted by molar-refractivity contribution is -0.118. The molecule has 1 unspecified atom stereocenters. The largest absolute Gasteiger partial charge is 0.316 e. The van der Waals surface area contributed by atoms with Gasteiger partial charge in [-0.3, -0.25) is 4.79 Å². The number of nitrogens with zero attached hydrogens (tertiary/aromatic N) is 1. The van der Waals surface area contributed by atoms with Crippen molar-refractivity contribution in [2.24, 2.45) is 17.3 Å². The molecule has 0 radical (unpaired) electrons. The Hall–Kier alpha value is -1.34. The number of nitrogens with one attached hydrogen (secondary N) is 1. The Balaban J connectivity index is 2.30. The normalized spacial score (nSPS) is 18.2. The van der Waals surface area contributed by atoms with Gasteiger partial charge < -0.3 is 5.32 Å². The van der Waals surface area contributed by atoms with Crippen molar-refractivity contribution in [1.82, 2.24) is 0 Å². The van der Waals surface area contributed by atoms with Gasteiger partial charge in [-0.05, 0) is 36.2 Å². The van der Waals surface area contributed by atoms with Gasteiger partial charge in [0.1, 0.15) is 11.1 Å². The van der Waals surface area contributed by atoms with Gasteiger partial charge in [-0.1, -0.05) is 34.6 Å². The van der Waals surface area contributed by atoms with Crippen LogP contribution in [0.3, 0.4) is 0 Å². The van der Waals surface area contributed by atoms with Crippen LogP contribution in [-0.2, 0) is 17.6 Å². The van der Waals surface area contributed by atoms with Crippen LogP contribution in [0.2, 0.25) is 0 Å². The third kappa shape index (κ3) is 3.29. The number of nitriles is 1. The maximum absolute atomic E-state index is 11.9. The molecule has 1 heterocycles. The van der Waals surface area contributed by atoms with Crippen LogP contribution in [-0.4, -0.2) is 5.91 Å². The first kappa shape index (κ1) is 16.0. The van der Waals surface area contributed by atoms with Crippen LogP contribution in [0.25, 0.3) is 0 Å². The summed E-state index contributed by atoms with van der Waals surface area (Å²) in [5.74, 6) is 0.555. The van der Waals surface area contributed by atoms with Crippen LogP contribution in [0, 0.1) is 28.6 Å². The van der Waals surface area contributed by atoms with E-state index in [2.05, 4.69) is 32.2 Å². The monoisotopic (exact) mass is 304 g/mol. The summed E-state index contributed by atoms with van der Waals surface area (Å²) in [6.07, 6.45) is 3.10. The van der Waals surface area contributed by atoms with Gasteiger partial charge in [0.15, 0.2) is 0 Å². The van der Waals surface area contributed by atoms with Gasteiger partial charge in [0, 0.05) is 10.8 Å². The molecule has 3 nitrogen and oxygen atoms in total. The maximum atomic E-state index is 11.9. The predicted octanol–water partition coefficient (Wildman–Crippen LogP) is 4.37. The zero-order valence-corrected chi connectivity index (χ0v) is 14.4. The average Bonchev–Trinajstić information content (AvgIpc) is 2.73. The lowest BCUT2D eigenvalue weighted by Crippen LogP contribution is -2.26.